The highest BCUT2D eigenvalue weighted by atomic mass is 32.1. The number of fused-ring (bicyclic) bond motifs is 1. The molecular weight excluding hydrogens is 627 g/mol. The van der Waals surface area contributed by atoms with Crippen molar-refractivity contribution >= 4 is 33.7 Å². The number of anilines is 1. The number of benzene rings is 1. The van der Waals surface area contributed by atoms with Crippen LogP contribution in [0.15, 0.2) is 71.2 Å². The number of amides is 1. The topological polar surface area (TPSA) is 119 Å². The van der Waals surface area contributed by atoms with Gasteiger partial charge in [0, 0.05) is 54.2 Å². The largest absolute Gasteiger partial charge is 0.396 e. The average Bonchev–Trinajstić information content (AvgIpc) is 3.81. The number of allylic oxidation sites excluding steroid dienone is 5. The van der Waals surface area contributed by atoms with Gasteiger partial charge in [-0.15, -0.1) is 11.3 Å². The monoisotopic (exact) mass is 665 g/mol. The van der Waals surface area contributed by atoms with Crippen LogP contribution in [-0.4, -0.2) is 75.0 Å². The SMILES string of the molecule is CC1=C(c2ccc(CCN3CCC(CO)CC3)cc2)C=C(C(F)F)/C(=C/NC(C(=O)Nc2nccs2)c2ncn3c2C[C@@H](F)C3)C1=N. The predicted molar refractivity (Wildman–Crippen MR) is 176 cm³/mol. The zero-order valence-corrected chi connectivity index (χ0v) is 26.9. The van der Waals surface area contributed by atoms with Crippen LogP contribution >= 0.6 is 11.3 Å². The number of aliphatic hydroxyl groups excluding tert-OH is 1. The molecule has 0 bridgehead atoms. The quantitative estimate of drug-likeness (QED) is 0.220. The summed E-state index contributed by atoms with van der Waals surface area (Å²) in [6.07, 6.45) is 4.66. The molecule has 2 aromatic heterocycles. The van der Waals surface area contributed by atoms with E-state index in [2.05, 4.69) is 25.5 Å². The van der Waals surface area contributed by atoms with Gasteiger partial charge in [-0.2, -0.15) is 0 Å². The summed E-state index contributed by atoms with van der Waals surface area (Å²) >= 11 is 1.22. The summed E-state index contributed by atoms with van der Waals surface area (Å²) in [7, 11) is 0. The molecule has 0 radical (unpaired) electrons. The van der Waals surface area contributed by atoms with Gasteiger partial charge in [0.15, 0.2) is 11.2 Å². The summed E-state index contributed by atoms with van der Waals surface area (Å²) in [5.41, 5.74) is 3.33. The summed E-state index contributed by atoms with van der Waals surface area (Å²) in [5.74, 6) is -0.139. The number of thiazole rings is 1. The normalized spacial score (nSPS) is 20.6. The van der Waals surface area contributed by atoms with Gasteiger partial charge in [-0.1, -0.05) is 24.3 Å². The van der Waals surface area contributed by atoms with Crippen molar-refractivity contribution in [3.63, 3.8) is 0 Å². The average molecular weight is 666 g/mol. The van der Waals surface area contributed by atoms with Crippen molar-refractivity contribution in [3.05, 3.63) is 93.7 Å². The molecule has 6 rings (SSSR count). The van der Waals surface area contributed by atoms with Crippen LogP contribution < -0.4 is 10.6 Å². The van der Waals surface area contributed by atoms with Crippen LogP contribution in [0.5, 0.6) is 0 Å². The Morgan fingerprint density at radius 3 is 2.66 bits per heavy atom. The van der Waals surface area contributed by atoms with Crippen molar-refractivity contribution in [2.24, 2.45) is 5.92 Å². The molecule has 3 aromatic rings. The second-order valence-corrected chi connectivity index (χ2v) is 13.1. The molecule has 1 saturated heterocycles. The highest BCUT2D eigenvalue weighted by molar-refractivity contribution is 7.13. The van der Waals surface area contributed by atoms with E-state index >= 15 is 0 Å². The first-order chi connectivity index (χ1) is 22.7. The lowest BCUT2D eigenvalue weighted by molar-refractivity contribution is -0.118. The fourth-order valence-electron chi connectivity index (χ4n) is 6.43. The van der Waals surface area contributed by atoms with Gasteiger partial charge in [-0.05, 0) is 73.5 Å². The third-order valence-corrected chi connectivity index (χ3v) is 9.91. The van der Waals surface area contributed by atoms with Crippen LogP contribution in [-0.2, 0) is 24.2 Å². The minimum absolute atomic E-state index is 0.0332. The number of piperidine rings is 1. The standard InChI is InChI=1S/C34H38F3N7O2S/c1-20-25(23-4-2-21(3-5-23)6-10-43-11-7-22(18-45)8-12-43)15-26(32(36)37)27(29(20)38)16-40-31(33(46)42-34-39-9-13-47-34)30-28-14-24(35)17-44(28)19-41-30/h2-5,9,13,15-16,19,22,24,31-32,38,40,45H,6-8,10-12,14,17-18H2,1H3,(H,39,42,46)/b27-16-,38-29?/t24-,31?/m1/s1. The van der Waals surface area contributed by atoms with Gasteiger partial charge in [0.1, 0.15) is 6.17 Å². The molecule has 248 valence electrons. The molecule has 9 nitrogen and oxygen atoms in total. The number of alkyl halides is 3. The second kappa shape index (κ2) is 14.4. The van der Waals surface area contributed by atoms with Crippen LogP contribution in [0.2, 0.25) is 0 Å². The molecular formula is C34H38F3N7O2S. The summed E-state index contributed by atoms with van der Waals surface area (Å²) < 4.78 is 45.0. The Morgan fingerprint density at radius 2 is 1.98 bits per heavy atom. The highest BCUT2D eigenvalue weighted by Crippen LogP contribution is 2.35. The summed E-state index contributed by atoms with van der Waals surface area (Å²) in [5, 5.41) is 26.0. The van der Waals surface area contributed by atoms with Gasteiger partial charge in [-0.3, -0.25) is 15.5 Å². The molecule has 2 atom stereocenters. The van der Waals surface area contributed by atoms with Gasteiger partial charge in [-0.25, -0.2) is 23.1 Å². The van der Waals surface area contributed by atoms with Gasteiger partial charge < -0.3 is 19.9 Å². The molecule has 1 fully saturated rings. The summed E-state index contributed by atoms with van der Waals surface area (Å²) in [6.45, 7) is 4.97. The molecule has 1 aliphatic carbocycles. The molecule has 2 aliphatic heterocycles. The maximum atomic E-state index is 14.6. The Labute approximate surface area is 275 Å². The lowest BCUT2D eigenvalue weighted by Gasteiger charge is -2.31. The molecule has 4 N–H and O–H groups in total. The van der Waals surface area contributed by atoms with Crippen molar-refractivity contribution in [1.82, 2.24) is 24.8 Å². The Bertz CT molecular complexity index is 1690. The van der Waals surface area contributed by atoms with Crippen molar-refractivity contribution in [1.29, 1.82) is 5.41 Å². The van der Waals surface area contributed by atoms with Crippen molar-refractivity contribution in [2.45, 2.75) is 57.8 Å². The van der Waals surface area contributed by atoms with Gasteiger partial charge in [0.25, 0.3) is 12.3 Å². The van der Waals surface area contributed by atoms with E-state index in [9.17, 15) is 23.1 Å². The number of carbonyl (C=O) groups excluding carboxylic acids is 1. The van der Waals surface area contributed by atoms with E-state index in [4.69, 9.17) is 5.41 Å². The summed E-state index contributed by atoms with van der Waals surface area (Å²) in [4.78, 5) is 24.3. The number of rotatable bonds is 11. The van der Waals surface area contributed by atoms with Crippen molar-refractivity contribution in [2.75, 3.05) is 31.6 Å². The molecule has 4 heterocycles. The molecule has 1 unspecified atom stereocenters. The van der Waals surface area contributed by atoms with E-state index in [0.29, 0.717) is 33.6 Å². The van der Waals surface area contributed by atoms with Crippen LogP contribution in [0.4, 0.5) is 18.3 Å². The lowest BCUT2D eigenvalue weighted by atomic mass is 9.84. The van der Waals surface area contributed by atoms with Crippen LogP contribution in [0.1, 0.15) is 48.3 Å². The van der Waals surface area contributed by atoms with Crippen LogP contribution in [0.25, 0.3) is 5.57 Å². The third-order valence-electron chi connectivity index (χ3n) is 9.22. The number of carbonyl (C=O) groups is 1. The fraction of sp³-hybridized carbons (Fsp3) is 0.412. The Hall–Kier alpha value is -4.07. The number of hydrogen-bond donors (Lipinski definition) is 4. The molecule has 3 aliphatic rings. The maximum absolute atomic E-state index is 14.6. The number of nitrogens with zero attached hydrogens (tertiary/aromatic N) is 4. The number of likely N-dealkylation sites (tertiary alicyclic amines) is 1. The minimum atomic E-state index is -2.88. The van der Waals surface area contributed by atoms with Gasteiger partial charge in [0.05, 0.1) is 24.3 Å². The van der Waals surface area contributed by atoms with Crippen molar-refractivity contribution < 1.29 is 23.1 Å². The first-order valence-corrected chi connectivity index (χ1v) is 16.7. The van der Waals surface area contributed by atoms with E-state index in [1.165, 1.54) is 29.9 Å². The second-order valence-electron chi connectivity index (χ2n) is 12.2. The first-order valence-electron chi connectivity index (χ1n) is 15.8. The van der Waals surface area contributed by atoms with E-state index in [1.807, 2.05) is 24.3 Å². The molecule has 1 amide bonds. The maximum Gasteiger partial charge on any atom is 0.264 e. The lowest BCUT2D eigenvalue weighted by Crippen LogP contribution is -2.36. The Balaban J connectivity index is 1.21. The Morgan fingerprint density at radius 1 is 1.21 bits per heavy atom. The van der Waals surface area contributed by atoms with E-state index < -0.39 is 24.5 Å². The number of aliphatic hydroxyl groups is 1. The van der Waals surface area contributed by atoms with Crippen LogP contribution in [0, 0.1) is 11.3 Å². The van der Waals surface area contributed by atoms with E-state index in [0.717, 1.165) is 50.0 Å². The molecule has 1 aromatic carbocycles. The zero-order chi connectivity index (χ0) is 33.1. The molecule has 13 heteroatoms. The van der Waals surface area contributed by atoms with Crippen molar-refractivity contribution in [3.8, 4) is 0 Å². The van der Waals surface area contributed by atoms with E-state index in [1.54, 1.807) is 23.1 Å². The first kappa shape index (κ1) is 32.9. The fourth-order valence-corrected chi connectivity index (χ4v) is 6.96. The van der Waals surface area contributed by atoms with E-state index in [-0.39, 0.29) is 36.4 Å². The molecule has 0 saturated carbocycles. The molecule has 47 heavy (non-hydrogen) atoms. The molecule has 0 spiro atoms. The Kier molecular flexibility index (Phi) is 10.0. The van der Waals surface area contributed by atoms with Crippen LogP contribution in [0.3, 0.4) is 0 Å². The van der Waals surface area contributed by atoms with Gasteiger partial charge >= 0.3 is 0 Å². The number of imidazole rings is 1. The highest BCUT2D eigenvalue weighted by Gasteiger charge is 2.33. The minimum Gasteiger partial charge on any atom is -0.396 e. The number of aromatic nitrogens is 3. The van der Waals surface area contributed by atoms with Gasteiger partial charge in [0.2, 0.25) is 0 Å². The zero-order valence-electron chi connectivity index (χ0n) is 26.1. The number of hydrogen-bond acceptors (Lipinski definition) is 8. The smallest absolute Gasteiger partial charge is 0.264 e. The summed E-state index contributed by atoms with van der Waals surface area (Å²) in [6, 6.07) is 6.67. The predicted octanol–water partition coefficient (Wildman–Crippen LogP) is 5.33. The third kappa shape index (κ3) is 7.26. The number of nitrogens with one attached hydrogen (secondary N) is 3. The number of halogens is 3.